The topological polar surface area (TPSA) is 71.5 Å². The van der Waals surface area contributed by atoms with Crippen molar-refractivity contribution < 1.29 is 18.0 Å². The molecule has 1 amide bonds. The summed E-state index contributed by atoms with van der Waals surface area (Å²) in [5.74, 6) is -0.763. The quantitative estimate of drug-likeness (QED) is 0.760. The van der Waals surface area contributed by atoms with E-state index < -0.39 is 21.3 Å². The second-order valence-electron chi connectivity index (χ2n) is 7.28. The maximum atomic E-state index is 13.6. The van der Waals surface area contributed by atoms with Crippen LogP contribution in [0, 0.1) is 0 Å². The highest BCUT2D eigenvalue weighted by Gasteiger charge is 2.54. The van der Waals surface area contributed by atoms with Gasteiger partial charge in [0.1, 0.15) is 10.4 Å². The van der Waals surface area contributed by atoms with Gasteiger partial charge in [-0.15, -0.1) is 0 Å². The molecule has 1 atom stereocenters. The van der Waals surface area contributed by atoms with Gasteiger partial charge >= 0.3 is 0 Å². The van der Waals surface area contributed by atoms with Gasteiger partial charge in [0.25, 0.3) is 5.91 Å². The van der Waals surface area contributed by atoms with Crippen molar-refractivity contribution in [3.05, 3.63) is 94.9 Å². The molecule has 2 aromatic rings. The normalized spacial score (nSPS) is 21.5. The Morgan fingerprint density at radius 3 is 2.13 bits per heavy atom. The van der Waals surface area contributed by atoms with Gasteiger partial charge in [0.2, 0.25) is 9.84 Å². The predicted molar refractivity (Wildman–Crippen MR) is 115 cm³/mol. The van der Waals surface area contributed by atoms with Crippen LogP contribution in [-0.2, 0) is 19.4 Å². The molecule has 5 nitrogen and oxygen atoms in total. The minimum absolute atomic E-state index is 0.0603. The molecule has 30 heavy (non-hydrogen) atoms. The van der Waals surface area contributed by atoms with Gasteiger partial charge in [-0.3, -0.25) is 9.59 Å². The number of carbonyl (C=O) groups is 2. The largest absolute Gasteiger partial charge is 0.324 e. The predicted octanol–water partition coefficient (Wildman–Crippen LogP) is 3.56. The lowest BCUT2D eigenvalue weighted by Crippen LogP contribution is -2.47. The fourth-order valence-electron chi connectivity index (χ4n) is 4.27. The number of nitrogens with zero attached hydrogens (tertiary/aromatic N) is 1. The molecule has 1 unspecified atom stereocenters. The van der Waals surface area contributed by atoms with E-state index >= 15 is 0 Å². The second-order valence-corrected chi connectivity index (χ2v) is 9.16. The first-order valence-corrected chi connectivity index (χ1v) is 11.1. The van der Waals surface area contributed by atoms with Crippen molar-refractivity contribution in [1.82, 2.24) is 4.90 Å². The number of hydrogen-bond acceptors (Lipinski definition) is 4. The Morgan fingerprint density at radius 1 is 0.933 bits per heavy atom. The van der Waals surface area contributed by atoms with Gasteiger partial charge < -0.3 is 4.90 Å². The Kier molecular flexibility index (Phi) is 4.82. The van der Waals surface area contributed by atoms with E-state index in [-0.39, 0.29) is 15.6 Å². The summed E-state index contributed by atoms with van der Waals surface area (Å²) in [6.45, 7) is 1.89. The maximum absolute atomic E-state index is 13.6. The van der Waals surface area contributed by atoms with Gasteiger partial charge in [-0.1, -0.05) is 55.5 Å². The van der Waals surface area contributed by atoms with Crippen molar-refractivity contribution >= 4 is 27.1 Å². The van der Waals surface area contributed by atoms with Gasteiger partial charge in [0.05, 0.1) is 4.90 Å². The van der Waals surface area contributed by atoms with Gasteiger partial charge in [-0.05, 0) is 47.9 Å². The number of hydrogen-bond donors (Lipinski definition) is 0. The molecule has 1 heterocycles. The number of benzene rings is 2. The monoisotopic (exact) mass is 419 g/mol. The van der Waals surface area contributed by atoms with Crippen LogP contribution in [-0.4, -0.2) is 37.6 Å². The highest BCUT2D eigenvalue weighted by Crippen LogP contribution is 2.50. The molecule has 0 fully saturated rings. The van der Waals surface area contributed by atoms with Crippen LogP contribution in [0.4, 0.5) is 0 Å². The number of carbonyl (C=O) groups excluding carboxylic acids is 2. The molecule has 2 aliphatic rings. The first-order chi connectivity index (χ1) is 14.3. The molecule has 1 aliphatic heterocycles. The van der Waals surface area contributed by atoms with Crippen molar-refractivity contribution in [2.75, 3.05) is 7.05 Å². The summed E-state index contributed by atoms with van der Waals surface area (Å²) in [6.07, 6.45) is 5.05. The van der Waals surface area contributed by atoms with E-state index in [9.17, 15) is 18.0 Å². The van der Waals surface area contributed by atoms with Gasteiger partial charge in [0, 0.05) is 12.6 Å². The molecular weight excluding hydrogens is 398 g/mol. The molecule has 0 radical (unpaired) electrons. The van der Waals surface area contributed by atoms with E-state index in [1.807, 2.05) is 13.0 Å². The molecule has 2 aromatic carbocycles. The van der Waals surface area contributed by atoms with Crippen LogP contribution in [0.5, 0.6) is 0 Å². The zero-order valence-electron chi connectivity index (χ0n) is 16.7. The number of ketones is 1. The molecule has 0 saturated carbocycles. The minimum atomic E-state index is -4.10. The van der Waals surface area contributed by atoms with Gasteiger partial charge in [-0.2, -0.15) is 0 Å². The Bertz CT molecular complexity index is 1220. The third-order valence-electron chi connectivity index (χ3n) is 5.70. The molecule has 1 aliphatic carbocycles. The summed E-state index contributed by atoms with van der Waals surface area (Å²) in [6, 6.07) is 17.0. The Hall–Kier alpha value is -3.25. The second kappa shape index (κ2) is 7.22. The average Bonchev–Trinajstić information content (AvgIpc) is 2.99. The Balaban J connectivity index is 2.12. The molecular formula is C24H21NO4S. The fraction of sp³-hybridized carbons (Fsp3) is 0.167. The number of rotatable bonds is 4. The Labute approximate surface area is 175 Å². The van der Waals surface area contributed by atoms with Crippen LogP contribution in [0.1, 0.15) is 18.9 Å². The fourth-order valence-corrected chi connectivity index (χ4v) is 5.93. The van der Waals surface area contributed by atoms with Gasteiger partial charge in [-0.25, -0.2) is 8.42 Å². The van der Waals surface area contributed by atoms with Gasteiger partial charge in [0.15, 0.2) is 5.78 Å². The van der Waals surface area contributed by atoms with E-state index in [2.05, 4.69) is 0 Å². The van der Waals surface area contributed by atoms with Crippen LogP contribution in [0.25, 0.3) is 5.57 Å². The van der Waals surface area contributed by atoms with Crippen molar-refractivity contribution in [1.29, 1.82) is 0 Å². The summed E-state index contributed by atoms with van der Waals surface area (Å²) < 4.78 is 27.3. The minimum Gasteiger partial charge on any atom is -0.324 e. The highest BCUT2D eigenvalue weighted by atomic mass is 32.2. The molecule has 1 spiro atoms. The van der Waals surface area contributed by atoms with E-state index in [1.165, 1.54) is 29.2 Å². The number of allylic oxidation sites excluding steroid dienone is 2. The summed E-state index contributed by atoms with van der Waals surface area (Å²) in [7, 11) is -2.51. The number of sulfone groups is 1. The lowest BCUT2D eigenvalue weighted by Gasteiger charge is -2.39. The molecule has 0 saturated heterocycles. The SMILES string of the molecule is CCC1=CC(=O)C=CC12C(c1ccccc1)=C(S(=O)(=O)c1ccccc1)C(=O)N2C. The summed E-state index contributed by atoms with van der Waals surface area (Å²) in [4.78, 5) is 26.8. The van der Waals surface area contributed by atoms with Crippen LogP contribution < -0.4 is 0 Å². The molecule has 0 N–H and O–H groups in total. The standard InChI is InChI=1S/C24H21NO4S/c1-3-18-16-19(26)14-15-24(18)21(17-10-6-4-7-11-17)22(23(27)25(24)2)30(28,29)20-12-8-5-9-13-20/h4-16H,3H2,1-2H3. The van der Waals surface area contributed by atoms with Crippen molar-refractivity contribution in [2.45, 2.75) is 23.8 Å². The number of amides is 1. The van der Waals surface area contributed by atoms with E-state index in [1.54, 1.807) is 55.6 Å². The van der Waals surface area contributed by atoms with E-state index in [0.717, 1.165) is 0 Å². The van der Waals surface area contributed by atoms with Crippen molar-refractivity contribution in [3.8, 4) is 0 Å². The molecule has 4 rings (SSSR count). The Morgan fingerprint density at radius 2 is 1.53 bits per heavy atom. The molecule has 152 valence electrons. The van der Waals surface area contributed by atoms with Crippen LogP contribution >= 0.6 is 0 Å². The lowest BCUT2D eigenvalue weighted by atomic mass is 9.75. The van der Waals surface area contributed by atoms with Crippen LogP contribution in [0.3, 0.4) is 0 Å². The summed E-state index contributed by atoms with van der Waals surface area (Å²) in [5, 5.41) is 0. The first-order valence-electron chi connectivity index (χ1n) is 9.66. The highest BCUT2D eigenvalue weighted by molar-refractivity contribution is 7.96. The lowest BCUT2D eigenvalue weighted by molar-refractivity contribution is -0.126. The smallest absolute Gasteiger partial charge is 0.267 e. The van der Waals surface area contributed by atoms with Crippen molar-refractivity contribution in [3.63, 3.8) is 0 Å². The zero-order valence-corrected chi connectivity index (χ0v) is 17.5. The molecule has 6 heteroatoms. The average molecular weight is 420 g/mol. The van der Waals surface area contributed by atoms with E-state index in [4.69, 9.17) is 0 Å². The van der Waals surface area contributed by atoms with Crippen molar-refractivity contribution in [2.24, 2.45) is 0 Å². The molecule has 0 bridgehead atoms. The molecule has 0 aromatic heterocycles. The summed E-state index contributed by atoms with van der Waals surface area (Å²) >= 11 is 0. The third-order valence-corrected chi connectivity index (χ3v) is 7.51. The third kappa shape index (κ3) is 2.79. The summed E-state index contributed by atoms with van der Waals surface area (Å²) in [5.41, 5.74) is 0.570. The number of likely N-dealkylation sites (N-methyl/N-ethyl adjacent to an activating group) is 1. The zero-order chi connectivity index (χ0) is 21.5. The maximum Gasteiger partial charge on any atom is 0.267 e. The van der Waals surface area contributed by atoms with Crippen LogP contribution in [0.15, 0.2) is 94.3 Å². The first kappa shape index (κ1) is 20.0. The van der Waals surface area contributed by atoms with E-state index in [0.29, 0.717) is 23.1 Å². The van der Waals surface area contributed by atoms with Crippen LogP contribution in [0.2, 0.25) is 0 Å².